The van der Waals surface area contributed by atoms with Crippen LogP contribution in [-0.2, 0) is 9.53 Å². The van der Waals surface area contributed by atoms with E-state index < -0.39 is 35.0 Å². The Morgan fingerprint density at radius 1 is 1.00 bits per heavy atom. The monoisotopic (exact) mass is 406 g/mol. The highest BCUT2D eigenvalue weighted by Crippen LogP contribution is 2.31. The zero-order chi connectivity index (χ0) is 22.0. The fourth-order valence-electron chi connectivity index (χ4n) is 2.77. The van der Waals surface area contributed by atoms with Gasteiger partial charge in [-0.25, -0.2) is 19.2 Å². The molecule has 0 fully saturated rings. The summed E-state index contributed by atoms with van der Waals surface area (Å²) in [5.74, 6) is -5.38. The first kappa shape index (κ1) is 23.9. The summed E-state index contributed by atoms with van der Waals surface area (Å²) in [6.45, 7) is 6.86. The van der Waals surface area contributed by atoms with Gasteiger partial charge in [0.1, 0.15) is 11.3 Å². The number of carboxylic acids is 2. The molecule has 0 unspecified atom stereocenters. The third kappa shape index (κ3) is 6.74. The Labute approximate surface area is 169 Å². The van der Waals surface area contributed by atoms with E-state index in [0.29, 0.717) is 6.42 Å². The number of esters is 2. The number of rotatable bonds is 12. The molecule has 0 amide bonds. The number of hydrogen-bond donors (Lipinski definition) is 2. The molecule has 1 aromatic rings. The summed E-state index contributed by atoms with van der Waals surface area (Å²) >= 11 is 0. The van der Waals surface area contributed by atoms with Gasteiger partial charge < -0.3 is 19.7 Å². The van der Waals surface area contributed by atoms with Gasteiger partial charge in [0.2, 0.25) is 0 Å². The lowest BCUT2D eigenvalue weighted by Gasteiger charge is -2.17. The lowest BCUT2D eigenvalue weighted by molar-refractivity contribution is -0.132. The van der Waals surface area contributed by atoms with Crippen LogP contribution in [0.4, 0.5) is 0 Å². The number of carbonyl (C=O) groups excluding carboxylic acids is 2. The van der Waals surface area contributed by atoms with Gasteiger partial charge in [-0.3, -0.25) is 0 Å². The summed E-state index contributed by atoms with van der Waals surface area (Å²) in [7, 11) is 0. The van der Waals surface area contributed by atoms with Crippen LogP contribution in [0, 0.1) is 6.92 Å². The van der Waals surface area contributed by atoms with Gasteiger partial charge in [0.25, 0.3) is 0 Å². The third-order valence-corrected chi connectivity index (χ3v) is 4.30. The van der Waals surface area contributed by atoms with Crippen molar-refractivity contribution in [3.8, 4) is 5.75 Å². The molecule has 0 spiro atoms. The van der Waals surface area contributed by atoms with Crippen molar-refractivity contribution in [3.63, 3.8) is 0 Å². The Hall–Kier alpha value is -3.16. The normalized spacial score (nSPS) is 10.3. The van der Waals surface area contributed by atoms with Gasteiger partial charge >= 0.3 is 23.9 Å². The molecule has 0 radical (unpaired) electrons. The van der Waals surface area contributed by atoms with Gasteiger partial charge in [-0.15, -0.1) is 0 Å². The summed E-state index contributed by atoms with van der Waals surface area (Å²) in [5.41, 5.74) is -1.35. The maximum atomic E-state index is 12.2. The van der Waals surface area contributed by atoms with E-state index in [9.17, 15) is 29.4 Å². The Bertz CT molecular complexity index is 794. The number of aromatic carboxylic acids is 2. The summed E-state index contributed by atoms with van der Waals surface area (Å²) in [4.78, 5) is 46.8. The van der Waals surface area contributed by atoms with Crippen LogP contribution in [0.1, 0.15) is 82.1 Å². The molecule has 0 aliphatic heterocycles. The molecule has 0 saturated carbocycles. The SMILES string of the molecule is C=CC(=O)OC(=O)c1cc(C(=O)O)c(C(=O)O)c(OCCCCCCCC)c1C. The van der Waals surface area contributed by atoms with Gasteiger partial charge in [0.05, 0.1) is 17.7 Å². The minimum atomic E-state index is -1.55. The van der Waals surface area contributed by atoms with E-state index in [2.05, 4.69) is 18.2 Å². The van der Waals surface area contributed by atoms with E-state index in [1.807, 2.05) is 0 Å². The smallest absolute Gasteiger partial charge is 0.346 e. The second kappa shape index (κ2) is 11.6. The number of unbranched alkanes of at least 4 members (excludes halogenated alkanes) is 5. The molecule has 1 rings (SSSR count). The maximum Gasteiger partial charge on any atom is 0.346 e. The molecule has 8 heteroatoms. The molecule has 1 aromatic carbocycles. The van der Waals surface area contributed by atoms with Crippen molar-refractivity contribution in [1.82, 2.24) is 0 Å². The van der Waals surface area contributed by atoms with E-state index in [-0.39, 0.29) is 23.5 Å². The number of carboxylic acid groups (broad SMARTS) is 2. The highest BCUT2D eigenvalue weighted by atomic mass is 16.6. The van der Waals surface area contributed by atoms with Crippen molar-refractivity contribution >= 4 is 23.9 Å². The molecule has 8 nitrogen and oxygen atoms in total. The fraction of sp³-hybridized carbons (Fsp3) is 0.429. The predicted molar refractivity (Wildman–Crippen MR) is 105 cm³/mol. The molecule has 158 valence electrons. The fourth-order valence-corrected chi connectivity index (χ4v) is 2.77. The molecule has 29 heavy (non-hydrogen) atoms. The minimum Gasteiger partial charge on any atom is -0.492 e. The third-order valence-electron chi connectivity index (χ3n) is 4.30. The first-order chi connectivity index (χ1) is 13.7. The van der Waals surface area contributed by atoms with Gasteiger partial charge in [0.15, 0.2) is 0 Å². The van der Waals surface area contributed by atoms with Crippen LogP contribution >= 0.6 is 0 Å². The van der Waals surface area contributed by atoms with Crippen LogP contribution < -0.4 is 4.74 Å². The van der Waals surface area contributed by atoms with Crippen LogP contribution in [-0.4, -0.2) is 40.7 Å². The Balaban J connectivity index is 3.20. The number of benzene rings is 1. The zero-order valence-electron chi connectivity index (χ0n) is 16.7. The molecule has 0 bridgehead atoms. The van der Waals surface area contributed by atoms with Crippen molar-refractivity contribution in [3.05, 3.63) is 41.0 Å². The first-order valence-electron chi connectivity index (χ1n) is 9.40. The molecule has 2 N–H and O–H groups in total. The quantitative estimate of drug-likeness (QED) is 0.231. The van der Waals surface area contributed by atoms with E-state index >= 15 is 0 Å². The second-order valence-corrected chi connectivity index (χ2v) is 6.44. The second-order valence-electron chi connectivity index (χ2n) is 6.44. The Morgan fingerprint density at radius 2 is 1.62 bits per heavy atom. The van der Waals surface area contributed by atoms with Crippen LogP contribution in [0.25, 0.3) is 0 Å². The summed E-state index contributed by atoms with van der Waals surface area (Å²) in [5, 5.41) is 18.9. The largest absolute Gasteiger partial charge is 0.492 e. The summed E-state index contributed by atoms with van der Waals surface area (Å²) in [6.07, 6.45) is 6.67. The average Bonchev–Trinajstić information content (AvgIpc) is 2.67. The van der Waals surface area contributed by atoms with Gasteiger partial charge in [-0.1, -0.05) is 45.6 Å². The molecular weight excluding hydrogens is 380 g/mol. The number of carbonyl (C=O) groups is 4. The molecule has 0 saturated heterocycles. The molecular formula is C21H26O8. The van der Waals surface area contributed by atoms with E-state index in [0.717, 1.165) is 44.2 Å². The summed E-state index contributed by atoms with van der Waals surface area (Å²) < 4.78 is 10.1. The predicted octanol–water partition coefficient (Wildman–Crippen LogP) is 4.00. The lowest BCUT2D eigenvalue weighted by Crippen LogP contribution is -2.18. The van der Waals surface area contributed by atoms with Crippen molar-refractivity contribution in [2.75, 3.05) is 6.61 Å². The van der Waals surface area contributed by atoms with Gasteiger partial charge in [-0.2, -0.15) is 0 Å². The number of hydrogen-bond acceptors (Lipinski definition) is 6. The first-order valence-corrected chi connectivity index (χ1v) is 9.40. The van der Waals surface area contributed by atoms with Crippen LogP contribution in [0.15, 0.2) is 18.7 Å². The Morgan fingerprint density at radius 3 is 2.17 bits per heavy atom. The molecule has 0 aliphatic carbocycles. The highest BCUT2D eigenvalue weighted by molar-refractivity contribution is 6.08. The molecule has 0 atom stereocenters. The summed E-state index contributed by atoms with van der Waals surface area (Å²) in [6, 6.07) is 0.872. The molecule has 0 aliphatic rings. The Kier molecular flexibility index (Phi) is 9.58. The standard InChI is InChI=1S/C21H26O8/c1-4-6-7-8-9-10-11-28-18-13(3)14(21(27)29-16(22)5-2)12-15(19(23)24)17(18)20(25)26/h5,12H,2,4,6-11H2,1,3H3,(H,23,24)(H,25,26). The topological polar surface area (TPSA) is 127 Å². The van der Waals surface area contributed by atoms with Gasteiger partial charge in [0, 0.05) is 11.6 Å². The zero-order valence-corrected chi connectivity index (χ0v) is 16.7. The van der Waals surface area contributed by atoms with Gasteiger partial charge in [-0.05, 0) is 19.4 Å². The van der Waals surface area contributed by atoms with Crippen molar-refractivity contribution in [1.29, 1.82) is 0 Å². The number of ether oxygens (including phenoxy) is 2. The maximum absolute atomic E-state index is 12.2. The van der Waals surface area contributed by atoms with Crippen molar-refractivity contribution in [2.45, 2.75) is 52.4 Å². The highest BCUT2D eigenvalue weighted by Gasteiger charge is 2.28. The van der Waals surface area contributed by atoms with E-state index in [4.69, 9.17) is 4.74 Å². The van der Waals surface area contributed by atoms with E-state index in [1.165, 1.54) is 6.92 Å². The van der Waals surface area contributed by atoms with Crippen molar-refractivity contribution < 1.29 is 38.9 Å². The van der Waals surface area contributed by atoms with Crippen LogP contribution in [0.3, 0.4) is 0 Å². The molecule has 0 aromatic heterocycles. The van der Waals surface area contributed by atoms with E-state index in [1.54, 1.807) is 0 Å². The van der Waals surface area contributed by atoms with Crippen LogP contribution in [0.2, 0.25) is 0 Å². The minimum absolute atomic E-state index is 0.0836. The van der Waals surface area contributed by atoms with Crippen molar-refractivity contribution in [2.24, 2.45) is 0 Å². The molecule has 0 heterocycles. The average molecular weight is 406 g/mol. The van der Waals surface area contributed by atoms with Crippen LogP contribution in [0.5, 0.6) is 5.75 Å². The lowest BCUT2D eigenvalue weighted by atomic mass is 9.97.